The summed E-state index contributed by atoms with van der Waals surface area (Å²) in [6.45, 7) is 6.64. The molecule has 0 bridgehead atoms. The molecule has 2 atom stereocenters. The second-order valence-electron chi connectivity index (χ2n) is 4.66. The average molecular weight is 288 g/mol. The highest BCUT2D eigenvalue weighted by Crippen LogP contribution is 2.33. The van der Waals surface area contributed by atoms with Gasteiger partial charge in [-0.25, -0.2) is 5.01 Å². The van der Waals surface area contributed by atoms with E-state index in [2.05, 4.69) is 6.58 Å². The Hall–Kier alpha value is -1.37. The first-order valence-corrected chi connectivity index (χ1v) is 5.83. The number of carbonyl (C=O) groups excluding carboxylic acids is 1. The van der Waals surface area contributed by atoms with Crippen molar-refractivity contribution in [2.24, 2.45) is 11.7 Å². The monoisotopic (exact) mass is 287 g/mol. The standard InChI is InChI=1S/C12H17N3O3.ClH/c1-3-9(12(17)18)11-10(7(2)16)6-14-4-8(13)5-15(11)14;/h3,8-9H,1,4-6,13H2,2H3,(H,17,18);1H/t8-,9?;/m0./s1. The Morgan fingerprint density at radius 1 is 1.53 bits per heavy atom. The van der Waals surface area contributed by atoms with Gasteiger partial charge in [0.15, 0.2) is 5.78 Å². The molecular formula is C12H18ClN3O3. The van der Waals surface area contributed by atoms with Crippen LogP contribution < -0.4 is 5.73 Å². The maximum atomic E-state index is 11.6. The molecule has 2 aliphatic heterocycles. The summed E-state index contributed by atoms with van der Waals surface area (Å²) in [6.07, 6.45) is 1.36. The number of carboxylic acids is 1. The first kappa shape index (κ1) is 15.7. The molecule has 2 aliphatic rings. The summed E-state index contributed by atoms with van der Waals surface area (Å²) in [7, 11) is 0. The Morgan fingerprint density at radius 2 is 2.16 bits per heavy atom. The Morgan fingerprint density at radius 3 is 2.63 bits per heavy atom. The zero-order valence-corrected chi connectivity index (χ0v) is 11.5. The molecule has 0 amide bonds. The lowest BCUT2D eigenvalue weighted by molar-refractivity contribution is -0.139. The number of nitrogens with zero attached hydrogens (tertiary/aromatic N) is 2. The lowest BCUT2D eigenvalue weighted by Crippen LogP contribution is -2.34. The van der Waals surface area contributed by atoms with Crippen LogP contribution in [0.1, 0.15) is 6.92 Å². The normalized spacial score (nSPS) is 23.9. The van der Waals surface area contributed by atoms with Gasteiger partial charge in [0.2, 0.25) is 0 Å². The number of halogens is 1. The fourth-order valence-corrected chi connectivity index (χ4v) is 2.55. The molecule has 0 saturated carbocycles. The molecule has 1 fully saturated rings. The molecule has 1 saturated heterocycles. The van der Waals surface area contributed by atoms with Gasteiger partial charge < -0.3 is 15.8 Å². The fraction of sp³-hybridized carbons (Fsp3) is 0.500. The highest BCUT2D eigenvalue weighted by molar-refractivity contribution is 5.96. The topological polar surface area (TPSA) is 86.9 Å². The van der Waals surface area contributed by atoms with Crippen LogP contribution in [-0.2, 0) is 9.59 Å². The fourth-order valence-electron chi connectivity index (χ4n) is 2.55. The minimum atomic E-state index is -0.999. The van der Waals surface area contributed by atoms with Gasteiger partial charge in [-0.2, -0.15) is 0 Å². The smallest absolute Gasteiger partial charge is 0.316 e. The summed E-state index contributed by atoms with van der Waals surface area (Å²) >= 11 is 0. The predicted molar refractivity (Wildman–Crippen MR) is 72.5 cm³/mol. The number of carboxylic acid groups (broad SMARTS) is 1. The van der Waals surface area contributed by atoms with Crippen molar-refractivity contribution < 1.29 is 14.7 Å². The molecule has 106 valence electrons. The molecular weight excluding hydrogens is 270 g/mol. The quantitative estimate of drug-likeness (QED) is 0.709. The maximum Gasteiger partial charge on any atom is 0.316 e. The van der Waals surface area contributed by atoms with Crippen molar-refractivity contribution in [3.63, 3.8) is 0 Å². The van der Waals surface area contributed by atoms with Crippen LogP contribution in [0.25, 0.3) is 0 Å². The number of hydrogen-bond acceptors (Lipinski definition) is 5. The van der Waals surface area contributed by atoms with Crippen LogP contribution in [0.5, 0.6) is 0 Å². The van der Waals surface area contributed by atoms with E-state index in [9.17, 15) is 14.7 Å². The van der Waals surface area contributed by atoms with Gasteiger partial charge in [-0.1, -0.05) is 6.08 Å². The zero-order chi connectivity index (χ0) is 13.4. The van der Waals surface area contributed by atoms with Gasteiger partial charge in [0.1, 0.15) is 5.92 Å². The minimum Gasteiger partial charge on any atom is -0.481 e. The molecule has 7 heteroatoms. The average Bonchev–Trinajstić information content (AvgIpc) is 2.76. The second kappa shape index (κ2) is 5.73. The first-order chi connectivity index (χ1) is 8.45. The van der Waals surface area contributed by atoms with Gasteiger partial charge >= 0.3 is 5.97 Å². The maximum absolute atomic E-state index is 11.6. The number of rotatable bonds is 4. The van der Waals surface area contributed by atoms with Gasteiger partial charge in [0.25, 0.3) is 0 Å². The summed E-state index contributed by atoms with van der Waals surface area (Å²) in [5, 5.41) is 13.0. The second-order valence-corrected chi connectivity index (χ2v) is 4.66. The van der Waals surface area contributed by atoms with Crippen molar-refractivity contribution in [1.82, 2.24) is 10.0 Å². The van der Waals surface area contributed by atoms with Crippen LogP contribution >= 0.6 is 12.4 Å². The third-order valence-electron chi connectivity index (χ3n) is 3.34. The van der Waals surface area contributed by atoms with Crippen molar-refractivity contribution in [2.45, 2.75) is 13.0 Å². The molecule has 0 aromatic rings. The van der Waals surface area contributed by atoms with Crippen molar-refractivity contribution in [2.75, 3.05) is 19.6 Å². The number of hydrogen-bond donors (Lipinski definition) is 2. The van der Waals surface area contributed by atoms with Gasteiger partial charge in [0.05, 0.1) is 12.2 Å². The number of Topliss-reactive ketones (excluding diaryl/α,β-unsaturated/α-hetero) is 1. The van der Waals surface area contributed by atoms with E-state index in [0.717, 1.165) is 0 Å². The lowest BCUT2D eigenvalue weighted by atomic mass is 9.99. The van der Waals surface area contributed by atoms with Crippen LogP contribution in [-0.4, -0.2) is 52.6 Å². The van der Waals surface area contributed by atoms with Gasteiger partial charge in [-0.3, -0.25) is 9.59 Å². The third-order valence-corrected chi connectivity index (χ3v) is 3.34. The largest absolute Gasteiger partial charge is 0.481 e. The number of nitrogens with two attached hydrogens (primary N) is 1. The van der Waals surface area contributed by atoms with Crippen molar-refractivity contribution in [3.05, 3.63) is 23.9 Å². The van der Waals surface area contributed by atoms with Crippen LogP contribution in [0.15, 0.2) is 23.9 Å². The van der Waals surface area contributed by atoms with E-state index in [4.69, 9.17) is 5.73 Å². The molecule has 3 N–H and O–H groups in total. The minimum absolute atomic E-state index is 0. The van der Waals surface area contributed by atoms with Crippen LogP contribution in [0.3, 0.4) is 0 Å². The van der Waals surface area contributed by atoms with Crippen molar-refractivity contribution in [3.8, 4) is 0 Å². The highest BCUT2D eigenvalue weighted by atomic mass is 35.5. The molecule has 2 heterocycles. The SMILES string of the molecule is C=CC(C(=O)O)C1=C(C(C)=O)CN2C[C@H](N)CN12.Cl. The summed E-state index contributed by atoms with van der Waals surface area (Å²) in [5.41, 5.74) is 6.94. The molecule has 0 aromatic heterocycles. The van der Waals surface area contributed by atoms with Crippen molar-refractivity contribution in [1.29, 1.82) is 0 Å². The molecule has 0 aromatic carbocycles. The van der Waals surface area contributed by atoms with E-state index in [-0.39, 0.29) is 24.2 Å². The van der Waals surface area contributed by atoms with E-state index in [1.54, 1.807) is 0 Å². The van der Waals surface area contributed by atoms with Crippen LogP contribution in [0.2, 0.25) is 0 Å². The number of ketones is 1. The lowest BCUT2D eigenvalue weighted by Gasteiger charge is -2.26. The van der Waals surface area contributed by atoms with E-state index in [1.807, 2.05) is 10.0 Å². The molecule has 1 unspecified atom stereocenters. The summed E-state index contributed by atoms with van der Waals surface area (Å²) < 4.78 is 0. The Labute approximate surface area is 117 Å². The van der Waals surface area contributed by atoms with Gasteiger partial charge in [-0.15, -0.1) is 19.0 Å². The number of fused-ring (bicyclic) bond motifs is 1. The van der Waals surface area contributed by atoms with E-state index >= 15 is 0 Å². The predicted octanol–water partition coefficient (Wildman–Crippen LogP) is 0.0116. The molecule has 6 nitrogen and oxygen atoms in total. The molecule has 19 heavy (non-hydrogen) atoms. The third kappa shape index (κ3) is 2.65. The van der Waals surface area contributed by atoms with E-state index in [0.29, 0.717) is 30.9 Å². The Kier molecular flexibility index (Phi) is 4.73. The summed E-state index contributed by atoms with van der Waals surface area (Å²) in [5.74, 6) is -1.96. The zero-order valence-electron chi connectivity index (χ0n) is 10.7. The molecule has 0 radical (unpaired) electrons. The van der Waals surface area contributed by atoms with Gasteiger partial charge in [0, 0.05) is 24.7 Å². The van der Waals surface area contributed by atoms with E-state index in [1.165, 1.54) is 13.0 Å². The van der Waals surface area contributed by atoms with Crippen molar-refractivity contribution >= 4 is 24.2 Å². The molecule has 0 spiro atoms. The van der Waals surface area contributed by atoms with E-state index < -0.39 is 11.9 Å². The van der Waals surface area contributed by atoms with Crippen LogP contribution in [0, 0.1) is 5.92 Å². The highest BCUT2D eigenvalue weighted by Gasteiger charge is 2.42. The van der Waals surface area contributed by atoms with Crippen LogP contribution in [0.4, 0.5) is 0 Å². The number of aliphatic carboxylic acids is 1. The molecule has 0 aliphatic carbocycles. The summed E-state index contributed by atoms with van der Waals surface area (Å²) in [4.78, 5) is 22.9. The molecule has 2 rings (SSSR count). The van der Waals surface area contributed by atoms with Gasteiger partial charge in [-0.05, 0) is 6.92 Å². The Balaban J connectivity index is 0.00000180. The summed E-state index contributed by atoms with van der Waals surface area (Å²) in [6, 6.07) is -0.0206. The first-order valence-electron chi connectivity index (χ1n) is 5.83. The number of hydrazine groups is 1. The number of carbonyl (C=O) groups is 2. The Bertz CT molecular complexity index is 450.